The van der Waals surface area contributed by atoms with Crippen molar-refractivity contribution in [1.29, 1.82) is 0 Å². The molecule has 1 aliphatic rings. The number of aliphatic hydroxyl groups is 2. The number of carbonyl (C=O) groups excluding carboxylic acids is 3. The number of allylic oxidation sites excluding steroid dienone is 20. The molecule has 0 bridgehead atoms. The van der Waals surface area contributed by atoms with Crippen LogP contribution in [-0.4, -0.2) is 89.2 Å². The van der Waals surface area contributed by atoms with Crippen LogP contribution in [0.4, 0.5) is 0 Å². The lowest BCUT2D eigenvalue weighted by molar-refractivity contribution is -0.301. The molecule has 1 fully saturated rings. The Kier molecular flexibility index (Phi) is 45.4. The Morgan fingerprint density at radius 1 is 0.453 bits per heavy atom. The van der Waals surface area contributed by atoms with Gasteiger partial charge in [0.25, 0.3) is 0 Å². The van der Waals surface area contributed by atoms with Crippen molar-refractivity contribution in [2.75, 3.05) is 13.2 Å². The highest BCUT2D eigenvalue weighted by molar-refractivity contribution is 5.74. The van der Waals surface area contributed by atoms with Gasteiger partial charge in [-0.2, -0.15) is 0 Å². The van der Waals surface area contributed by atoms with Gasteiger partial charge in [-0.25, -0.2) is 4.79 Å². The van der Waals surface area contributed by atoms with Crippen LogP contribution < -0.4 is 0 Å². The first-order valence-corrected chi connectivity index (χ1v) is 28.5. The second-order valence-electron chi connectivity index (χ2n) is 18.8. The zero-order valence-corrected chi connectivity index (χ0v) is 46.2. The summed E-state index contributed by atoms with van der Waals surface area (Å²) in [7, 11) is 0. The van der Waals surface area contributed by atoms with E-state index in [9.17, 15) is 34.5 Å². The third-order valence-electron chi connectivity index (χ3n) is 12.1. The van der Waals surface area contributed by atoms with Crippen LogP contribution in [0.5, 0.6) is 0 Å². The summed E-state index contributed by atoms with van der Waals surface area (Å²) in [6, 6.07) is 0. The molecule has 0 spiro atoms. The van der Waals surface area contributed by atoms with Gasteiger partial charge in [0.05, 0.1) is 6.61 Å². The molecular weight excluding hydrogens is 949 g/mol. The molecule has 0 radical (unpaired) electrons. The number of carboxylic acid groups (broad SMARTS) is 1. The van der Waals surface area contributed by atoms with E-state index in [2.05, 4.69) is 112 Å². The summed E-state index contributed by atoms with van der Waals surface area (Å²) in [4.78, 5) is 51.0. The Morgan fingerprint density at radius 2 is 0.840 bits per heavy atom. The smallest absolute Gasteiger partial charge is 0.335 e. The largest absolute Gasteiger partial charge is 0.479 e. The van der Waals surface area contributed by atoms with Crippen LogP contribution in [0, 0.1) is 0 Å². The predicted molar refractivity (Wildman–Crippen MR) is 303 cm³/mol. The highest BCUT2D eigenvalue weighted by Crippen LogP contribution is 2.26. The Morgan fingerprint density at radius 3 is 1.25 bits per heavy atom. The zero-order chi connectivity index (χ0) is 54.7. The number of aliphatic carboxylic acids is 1. The number of ether oxygens (including phenoxy) is 5. The van der Waals surface area contributed by atoms with Crippen LogP contribution in [0.25, 0.3) is 0 Å². The molecule has 12 heteroatoms. The molecule has 1 heterocycles. The Labute approximate surface area is 452 Å². The summed E-state index contributed by atoms with van der Waals surface area (Å²) in [5.74, 6) is -3.36. The van der Waals surface area contributed by atoms with Crippen LogP contribution in [-0.2, 0) is 42.9 Å². The first-order chi connectivity index (χ1) is 36.6. The summed E-state index contributed by atoms with van der Waals surface area (Å²) in [6.45, 7) is 5.61. The summed E-state index contributed by atoms with van der Waals surface area (Å²) in [5.41, 5.74) is 0. The molecule has 75 heavy (non-hydrogen) atoms. The van der Waals surface area contributed by atoms with Gasteiger partial charge in [-0.15, -0.1) is 0 Å². The average molecular weight is 1050 g/mol. The molecule has 1 aliphatic heterocycles. The van der Waals surface area contributed by atoms with E-state index in [0.717, 1.165) is 77.0 Å². The fourth-order valence-electron chi connectivity index (χ4n) is 7.76. The van der Waals surface area contributed by atoms with Gasteiger partial charge in [-0.05, 0) is 83.5 Å². The van der Waals surface area contributed by atoms with Crippen molar-refractivity contribution in [3.05, 3.63) is 122 Å². The first-order valence-electron chi connectivity index (χ1n) is 28.5. The third-order valence-corrected chi connectivity index (χ3v) is 12.1. The second kappa shape index (κ2) is 50.0. The summed E-state index contributed by atoms with van der Waals surface area (Å²) >= 11 is 0. The Balaban J connectivity index is 2.79. The van der Waals surface area contributed by atoms with Crippen molar-refractivity contribution in [3.8, 4) is 0 Å². The van der Waals surface area contributed by atoms with E-state index in [1.54, 1.807) is 0 Å². The van der Waals surface area contributed by atoms with Gasteiger partial charge in [-0.1, -0.05) is 219 Å². The molecule has 3 N–H and O–H groups in total. The van der Waals surface area contributed by atoms with E-state index in [0.29, 0.717) is 32.1 Å². The normalized spacial score (nSPS) is 19.1. The molecule has 6 atom stereocenters. The number of rotatable bonds is 46. The monoisotopic (exact) mass is 1050 g/mol. The predicted octanol–water partition coefficient (Wildman–Crippen LogP) is 14.4. The van der Waals surface area contributed by atoms with E-state index in [-0.39, 0.29) is 25.9 Å². The third kappa shape index (κ3) is 40.1. The quantitative estimate of drug-likeness (QED) is 0.0228. The molecule has 1 rings (SSSR count). The van der Waals surface area contributed by atoms with Crippen molar-refractivity contribution >= 4 is 23.9 Å². The lowest BCUT2D eigenvalue weighted by Gasteiger charge is -2.40. The summed E-state index contributed by atoms with van der Waals surface area (Å²) in [5, 5.41) is 31.4. The molecule has 0 aromatic carbocycles. The minimum absolute atomic E-state index is 0.0206. The van der Waals surface area contributed by atoms with Crippen molar-refractivity contribution in [1.82, 2.24) is 0 Å². The van der Waals surface area contributed by atoms with Gasteiger partial charge in [0.1, 0.15) is 18.8 Å². The van der Waals surface area contributed by atoms with Crippen molar-refractivity contribution in [2.45, 2.75) is 237 Å². The van der Waals surface area contributed by atoms with Crippen LogP contribution >= 0.6 is 0 Å². The topological polar surface area (TPSA) is 175 Å². The van der Waals surface area contributed by atoms with E-state index >= 15 is 0 Å². The lowest BCUT2D eigenvalue weighted by Crippen LogP contribution is -2.61. The summed E-state index contributed by atoms with van der Waals surface area (Å²) < 4.78 is 28.2. The van der Waals surface area contributed by atoms with Crippen molar-refractivity contribution < 1.29 is 58.2 Å². The molecule has 6 unspecified atom stereocenters. The SMILES string of the molecule is CC/C=C\C/C=C\C/C=C\C/C=C\C/C=C\C/C=C\CCC(=O)OCC(COC1OC(C(=O)O)C(O)C(O)C1OC(=O)CCCCCCCCCCCCCCC)OC(=O)CC/C=C\C/C=C\C/C=C\C/C=C\CC. The van der Waals surface area contributed by atoms with Gasteiger partial charge in [0.15, 0.2) is 24.6 Å². The zero-order valence-electron chi connectivity index (χ0n) is 46.2. The molecule has 0 aromatic rings. The van der Waals surface area contributed by atoms with E-state index in [4.69, 9.17) is 23.7 Å². The average Bonchev–Trinajstić information content (AvgIpc) is 3.39. The Hall–Kier alpha value is -4.88. The number of esters is 3. The first kappa shape index (κ1) is 68.1. The molecule has 12 nitrogen and oxygen atoms in total. The van der Waals surface area contributed by atoms with Gasteiger partial charge in [0, 0.05) is 19.3 Å². The van der Waals surface area contributed by atoms with Crippen molar-refractivity contribution in [2.24, 2.45) is 0 Å². The van der Waals surface area contributed by atoms with Crippen LogP contribution in [0.2, 0.25) is 0 Å². The van der Waals surface area contributed by atoms with Gasteiger partial charge in [0.2, 0.25) is 0 Å². The molecule has 0 amide bonds. The highest BCUT2D eigenvalue weighted by Gasteiger charge is 2.50. The number of hydrogen-bond donors (Lipinski definition) is 3. The number of carbonyl (C=O) groups is 4. The number of aliphatic hydroxyl groups excluding tert-OH is 2. The molecule has 0 aromatic heterocycles. The summed E-state index contributed by atoms with van der Waals surface area (Å²) in [6.07, 6.45) is 56.4. The van der Waals surface area contributed by atoms with E-state index in [1.165, 1.54) is 51.4 Å². The van der Waals surface area contributed by atoms with Crippen LogP contribution in [0.1, 0.15) is 201 Å². The minimum Gasteiger partial charge on any atom is -0.479 e. The van der Waals surface area contributed by atoms with Gasteiger partial charge < -0.3 is 39.0 Å². The van der Waals surface area contributed by atoms with Gasteiger partial charge >= 0.3 is 23.9 Å². The minimum atomic E-state index is -1.93. The highest BCUT2D eigenvalue weighted by atomic mass is 16.7. The number of unbranched alkanes of at least 4 members (excludes halogenated alkanes) is 12. The lowest BCUT2D eigenvalue weighted by atomic mass is 9.98. The molecule has 0 saturated carbocycles. The standard InChI is InChI=1S/C63H98O12/c1-4-7-10-13-16-19-22-25-26-27-28-29-30-33-34-37-40-43-46-49-55(64)71-52-54(73-56(65)50-47-44-41-38-35-31-23-20-17-14-11-8-5-2)53-72-63-61(59(68)58(67)60(75-63)62(69)70)74-57(66)51-48-45-42-39-36-32-24-21-18-15-12-9-6-3/h7-8,10-11,16-17,19-20,25-26,28-29,31,33-35,40-41,43-44,54,58-61,63,67-68H,4-6,9,12-15,18,21-24,27,30,32,36-39,42,45-53H2,1-3H3,(H,69,70)/b10-7-,11-8-,19-16-,20-17-,26-25-,29-28-,34-33-,35-31-,43-40-,44-41-. The van der Waals surface area contributed by atoms with E-state index < -0.39 is 67.3 Å². The molecule has 1 saturated heterocycles. The molecule has 422 valence electrons. The maximum Gasteiger partial charge on any atom is 0.335 e. The van der Waals surface area contributed by atoms with Crippen LogP contribution in [0.15, 0.2) is 122 Å². The fraction of sp³-hybridized carbons (Fsp3) is 0.619. The molecular formula is C63H98O12. The Bertz CT molecular complexity index is 1770. The number of carboxylic acids is 1. The van der Waals surface area contributed by atoms with Crippen LogP contribution in [0.3, 0.4) is 0 Å². The second-order valence-corrected chi connectivity index (χ2v) is 18.8. The number of hydrogen-bond acceptors (Lipinski definition) is 11. The molecule has 0 aliphatic carbocycles. The maximum atomic E-state index is 13.1. The fourth-order valence-corrected chi connectivity index (χ4v) is 7.76. The maximum absolute atomic E-state index is 13.1. The van der Waals surface area contributed by atoms with E-state index in [1.807, 2.05) is 30.4 Å². The van der Waals surface area contributed by atoms with Gasteiger partial charge in [-0.3, -0.25) is 14.4 Å². The van der Waals surface area contributed by atoms with Crippen molar-refractivity contribution in [3.63, 3.8) is 0 Å².